The van der Waals surface area contributed by atoms with Crippen LogP contribution < -0.4 is 5.73 Å². The van der Waals surface area contributed by atoms with Crippen molar-refractivity contribution >= 4 is 5.91 Å². The molecule has 0 fully saturated rings. The molecule has 1 amide bonds. The van der Waals surface area contributed by atoms with Gasteiger partial charge in [-0.25, -0.2) is 0 Å². The van der Waals surface area contributed by atoms with Crippen LogP contribution in [0, 0.1) is 0 Å². The van der Waals surface area contributed by atoms with Crippen LogP contribution in [0.25, 0.3) is 0 Å². The molecule has 0 radical (unpaired) electrons. The minimum Gasteiger partial charge on any atom is -0.508 e. The second-order valence-corrected chi connectivity index (χ2v) is 4.26. The van der Waals surface area contributed by atoms with E-state index in [0.29, 0.717) is 13.0 Å². The van der Waals surface area contributed by atoms with Crippen molar-refractivity contribution in [3.8, 4) is 5.75 Å². The van der Waals surface area contributed by atoms with Crippen molar-refractivity contribution in [3.63, 3.8) is 0 Å². The zero-order valence-corrected chi connectivity index (χ0v) is 10.4. The number of carbonyl (C=O) groups is 1. The number of carbonyl (C=O) groups excluding carboxylic acids is 1. The van der Waals surface area contributed by atoms with Crippen LogP contribution in [-0.4, -0.2) is 29.0 Å². The second-order valence-electron chi connectivity index (χ2n) is 4.26. The molecule has 0 aliphatic carbocycles. The third kappa shape index (κ3) is 4.07. The number of hydrogen-bond donors (Lipinski definition) is 2. The van der Waals surface area contributed by atoms with Crippen LogP contribution in [0.4, 0.5) is 0 Å². The number of aromatic hydroxyl groups is 1. The molecule has 1 aromatic rings. The topological polar surface area (TPSA) is 66.6 Å². The first-order valence-electron chi connectivity index (χ1n) is 5.83. The Morgan fingerprint density at radius 3 is 2.82 bits per heavy atom. The van der Waals surface area contributed by atoms with E-state index in [1.54, 1.807) is 30.1 Å². The third-order valence-corrected chi connectivity index (χ3v) is 2.62. The molecule has 17 heavy (non-hydrogen) atoms. The van der Waals surface area contributed by atoms with Gasteiger partial charge in [-0.15, -0.1) is 0 Å². The van der Waals surface area contributed by atoms with Gasteiger partial charge in [0.15, 0.2) is 0 Å². The first kappa shape index (κ1) is 13.5. The summed E-state index contributed by atoms with van der Waals surface area (Å²) in [7, 11) is 1.72. The molecule has 4 heteroatoms. The zero-order chi connectivity index (χ0) is 12.8. The summed E-state index contributed by atoms with van der Waals surface area (Å²) in [6.45, 7) is 2.47. The number of nitrogens with two attached hydrogens (primary N) is 1. The standard InChI is InChI=1S/C13H20N2O2/c1-3-5-12(14)13(17)15(2)9-10-6-4-7-11(16)8-10/h4,6-8,12,16H,3,5,9,14H2,1-2H3/t12-/m1/s1. The van der Waals surface area contributed by atoms with Gasteiger partial charge >= 0.3 is 0 Å². The maximum Gasteiger partial charge on any atom is 0.239 e. The Balaban J connectivity index is 2.59. The fraction of sp³-hybridized carbons (Fsp3) is 0.462. The van der Waals surface area contributed by atoms with E-state index in [0.717, 1.165) is 12.0 Å². The minimum atomic E-state index is -0.428. The number of likely N-dealkylation sites (N-methyl/N-ethyl adjacent to an activating group) is 1. The van der Waals surface area contributed by atoms with Crippen LogP contribution in [0.2, 0.25) is 0 Å². The second kappa shape index (κ2) is 6.25. The lowest BCUT2D eigenvalue weighted by Gasteiger charge is -2.21. The van der Waals surface area contributed by atoms with Crippen LogP contribution in [0.5, 0.6) is 5.75 Å². The van der Waals surface area contributed by atoms with E-state index in [4.69, 9.17) is 5.73 Å². The van der Waals surface area contributed by atoms with Crippen molar-refractivity contribution in [3.05, 3.63) is 29.8 Å². The Morgan fingerprint density at radius 2 is 2.24 bits per heavy atom. The summed E-state index contributed by atoms with van der Waals surface area (Å²) in [6.07, 6.45) is 1.59. The maximum atomic E-state index is 11.9. The van der Waals surface area contributed by atoms with Gasteiger partial charge in [0.25, 0.3) is 0 Å². The van der Waals surface area contributed by atoms with Crippen LogP contribution in [0.1, 0.15) is 25.3 Å². The number of phenols is 1. The Kier molecular flexibility index (Phi) is 4.97. The van der Waals surface area contributed by atoms with E-state index in [-0.39, 0.29) is 11.7 Å². The van der Waals surface area contributed by atoms with Crippen molar-refractivity contribution in [2.24, 2.45) is 5.73 Å². The van der Waals surface area contributed by atoms with Crippen LogP contribution in [0.3, 0.4) is 0 Å². The Labute approximate surface area is 102 Å². The summed E-state index contributed by atoms with van der Waals surface area (Å²) in [6, 6.07) is 6.45. The number of amides is 1. The predicted molar refractivity (Wildman–Crippen MR) is 67.5 cm³/mol. The monoisotopic (exact) mass is 236 g/mol. The van der Waals surface area contributed by atoms with E-state index in [1.807, 2.05) is 13.0 Å². The molecule has 0 saturated heterocycles. The average molecular weight is 236 g/mol. The highest BCUT2D eigenvalue weighted by atomic mass is 16.3. The fourth-order valence-electron chi connectivity index (χ4n) is 1.72. The normalized spacial score (nSPS) is 12.2. The van der Waals surface area contributed by atoms with Crippen LogP contribution in [0.15, 0.2) is 24.3 Å². The van der Waals surface area contributed by atoms with Crippen LogP contribution in [-0.2, 0) is 11.3 Å². The molecule has 4 nitrogen and oxygen atoms in total. The van der Waals surface area contributed by atoms with E-state index in [1.165, 1.54) is 0 Å². The Morgan fingerprint density at radius 1 is 1.53 bits per heavy atom. The molecule has 94 valence electrons. The number of phenolic OH excluding ortho intramolecular Hbond substituents is 1. The highest BCUT2D eigenvalue weighted by Crippen LogP contribution is 2.13. The maximum absolute atomic E-state index is 11.9. The van der Waals surface area contributed by atoms with E-state index in [2.05, 4.69) is 0 Å². The molecular formula is C13H20N2O2. The van der Waals surface area contributed by atoms with E-state index < -0.39 is 6.04 Å². The summed E-state index contributed by atoms with van der Waals surface area (Å²) in [5, 5.41) is 9.33. The highest BCUT2D eigenvalue weighted by Gasteiger charge is 2.17. The van der Waals surface area contributed by atoms with E-state index in [9.17, 15) is 9.90 Å². The molecule has 0 aliphatic heterocycles. The average Bonchev–Trinajstić information content (AvgIpc) is 2.28. The Hall–Kier alpha value is -1.55. The van der Waals surface area contributed by atoms with Gasteiger partial charge in [0.05, 0.1) is 6.04 Å². The summed E-state index contributed by atoms with van der Waals surface area (Å²) in [5.41, 5.74) is 6.66. The largest absolute Gasteiger partial charge is 0.508 e. The summed E-state index contributed by atoms with van der Waals surface area (Å²) < 4.78 is 0. The molecule has 0 bridgehead atoms. The van der Waals surface area contributed by atoms with Crippen LogP contribution >= 0.6 is 0 Å². The SMILES string of the molecule is CCC[C@@H](N)C(=O)N(C)Cc1cccc(O)c1. The van der Waals surface area contributed by atoms with Gasteiger partial charge in [-0.05, 0) is 24.1 Å². The van der Waals surface area contributed by atoms with Gasteiger partial charge in [0, 0.05) is 13.6 Å². The van der Waals surface area contributed by atoms with Crippen molar-refractivity contribution in [1.29, 1.82) is 0 Å². The molecule has 0 heterocycles. The van der Waals surface area contributed by atoms with Crippen molar-refractivity contribution in [1.82, 2.24) is 4.90 Å². The molecule has 1 atom stereocenters. The van der Waals surface area contributed by atoms with Crippen molar-refractivity contribution in [2.75, 3.05) is 7.05 Å². The summed E-state index contributed by atoms with van der Waals surface area (Å²) in [5.74, 6) is 0.149. The van der Waals surface area contributed by atoms with Gasteiger partial charge in [0.1, 0.15) is 5.75 Å². The zero-order valence-electron chi connectivity index (χ0n) is 10.4. The molecule has 0 aliphatic rings. The van der Waals surface area contributed by atoms with Gasteiger partial charge in [-0.2, -0.15) is 0 Å². The molecule has 0 saturated carbocycles. The number of rotatable bonds is 5. The van der Waals surface area contributed by atoms with Crippen molar-refractivity contribution in [2.45, 2.75) is 32.4 Å². The lowest BCUT2D eigenvalue weighted by Crippen LogP contribution is -2.41. The van der Waals surface area contributed by atoms with E-state index >= 15 is 0 Å². The number of benzene rings is 1. The van der Waals surface area contributed by atoms with Crippen molar-refractivity contribution < 1.29 is 9.90 Å². The first-order valence-corrected chi connectivity index (χ1v) is 5.83. The predicted octanol–water partition coefficient (Wildman–Crippen LogP) is 1.48. The third-order valence-electron chi connectivity index (χ3n) is 2.62. The molecule has 0 spiro atoms. The lowest BCUT2D eigenvalue weighted by molar-refractivity contribution is -0.132. The Bertz CT molecular complexity index is 379. The number of hydrogen-bond acceptors (Lipinski definition) is 3. The molecule has 0 unspecified atom stereocenters. The quantitative estimate of drug-likeness (QED) is 0.813. The highest BCUT2D eigenvalue weighted by molar-refractivity contribution is 5.81. The molecule has 1 aromatic carbocycles. The summed E-state index contributed by atoms with van der Waals surface area (Å²) >= 11 is 0. The molecule has 0 aromatic heterocycles. The van der Waals surface area contributed by atoms with Gasteiger partial charge in [-0.1, -0.05) is 25.5 Å². The fourth-order valence-corrected chi connectivity index (χ4v) is 1.72. The molecular weight excluding hydrogens is 216 g/mol. The molecule has 3 N–H and O–H groups in total. The van der Waals surface area contributed by atoms with Gasteiger partial charge in [0.2, 0.25) is 5.91 Å². The minimum absolute atomic E-state index is 0.0600. The van der Waals surface area contributed by atoms with Gasteiger partial charge in [-0.3, -0.25) is 4.79 Å². The van der Waals surface area contributed by atoms with Gasteiger partial charge < -0.3 is 15.7 Å². The number of nitrogens with zero attached hydrogens (tertiary/aromatic N) is 1. The molecule has 1 rings (SSSR count). The lowest BCUT2D eigenvalue weighted by atomic mass is 10.1. The first-order chi connectivity index (χ1) is 8.04. The summed E-state index contributed by atoms with van der Waals surface area (Å²) in [4.78, 5) is 13.5. The smallest absolute Gasteiger partial charge is 0.239 e.